The summed E-state index contributed by atoms with van der Waals surface area (Å²) in [5, 5.41) is 0. The van der Waals surface area contributed by atoms with Gasteiger partial charge in [0.2, 0.25) is 0 Å². The molecule has 0 aromatic rings. The number of carbonyl (C=O) groups excluding carboxylic acids is 3. The quantitative estimate of drug-likeness (QED) is 0.194. The van der Waals surface area contributed by atoms with E-state index < -0.39 is 0 Å². The number of rotatable bonds is 5. The summed E-state index contributed by atoms with van der Waals surface area (Å²) in [6.45, 7) is 6.62. The van der Waals surface area contributed by atoms with Crippen LogP contribution in [0.15, 0.2) is 34.6 Å². The summed E-state index contributed by atoms with van der Waals surface area (Å²) in [5.41, 5.74) is 3.76. The number of carbonyl (C=O) groups is 3. The fourth-order valence-corrected chi connectivity index (χ4v) is 6.73. The maximum atomic E-state index is 12.2. The molecule has 0 aromatic carbocycles. The molecule has 4 rings (SSSR count). The Hall–Kier alpha value is -1.97. The Kier molecular flexibility index (Phi) is 5.63. The van der Waals surface area contributed by atoms with Crippen molar-refractivity contribution in [3.05, 3.63) is 34.6 Å². The van der Waals surface area contributed by atoms with Crippen molar-refractivity contribution < 1.29 is 19.1 Å². The lowest BCUT2D eigenvalue weighted by Gasteiger charge is -2.52. The summed E-state index contributed by atoms with van der Waals surface area (Å²) in [6, 6.07) is 0. The van der Waals surface area contributed by atoms with E-state index in [1.54, 1.807) is 0 Å². The van der Waals surface area contributed by atoms with Crippen LogP contribution in [-0.2, 0) is 19.1 Å². The zero-order chi connectivity index (χ0) is 21.5. The molecule has 0 spiro atoms. The number of aldehydes is 1. The summed E-state index contributed by atoms with van der Waals surface area (Å²) in [7, 11) is 0. The van der Waals surface area contributed by atoms with Crippen LogP contribution in [0.4, 0.5) is 0 Å². The highest BCUT2D eigenvalue weighted by Gasteiger charge is 2.55. The highest BCUT2D eigenvalue weighted by molar-refractivity contribution is 5.92. The molecule has 0 heterocycles. The Labute approximate surface area is 179 Å². The van der Waals surface area contributed by atoms with E-state index in [1.807, 2.05) is 13.0 Å². The summed E-state index contributed by atoms with van der Waals surface area (Å²) in [5.74, 6) is 1.20. The number of allylic oxidation sites excluding steroid dienone is 6. The molecule has 30 heavy (non-hydrogen) atoms. The number of esters is 1. The smallest absolute Gasteiger partial charge is 0.311 e. The molecule has 0 aliphatic heterocycles. The molecule has 0 amide bonds. The average molecular weight is 411 g/mol. The molecule has 0 aromatic heterocycles. The summed E-state index contributed by atoms with van der Waals surface area (Å²) >= 11 is 0. The number of ketones is 1. The minimum Gasteiger partial charge on any atom is -0.423 e. The SMILES string of the molecule is CCCCC(=O)OC(C=O)=C1CC[C@H]2[C@@H]3CCC4=CC(=O)CC[C@]4(C)C3=CC[C@]12C. The van der Waals surface area contributed by atoms with Crippen LogP contribution in [0.3, 0.4) is 0 Å². The molecule has 162 valence electrons. The number of fused-ring (bicyclic) bond motifs is 5. The molecule has 4 heteroatoms. The van der Waals surface area contributed by atoms with Gasteiger partial charge in [-0.05, 0) is 73.8 Å². The Morgan fingerprint density at radius 1 is 1.23 bits per heavy atom. The normalized spacial score (nSPS) is 36.7. The molecule has 0 bridgehead atoms. The molecule has 0 saturated heterocycles. The van der Waals surface area contributed by atoms with E-state index in [9.17, 15) is 14.4 Å². The monoisotopic (exact) mass is 410 g/mol. The predicted octanol–water partition coefficient (Wildman–Crippen LogP) is 5.62. The lowest BCUT2D eigenvalue weighted by atomic mass is 9.51. The van der Waals surface area contributed by atoms with Crippen LogP contribution in [0.25, 0.3) is 0 Å². The lowest BCUT2D eigenvalue weighted by Crippen LogP contribution is -2.43. The van der Waals surface area contributed by atoms with Crippen molar-refractivity contribution in [3.63, 3.8) is 0 Å². The van der Waals surface area contributed by atoms with Gasteiger partial charge in [0.25, 0.3) is 0 Å². The highest BCUT2D eigenvalue weighted by Crippen LogP contribution is 2.64. The van der Waals surface area contributed by atoms with Gasteiger partial charge >= 0.3 is 5.97 Å². The number of ether oxygens (including phenoxy) is 1. The molecule has 0 unspecified atom stereocenters. The van der Waals surface area contributed by atoms with Crippen LogP contribution >= 0.6 is 0 Å². The maximum Gasteiger partial charge on any atom is 0.311 e. The van der Waals surface area contributed by atoms with Gasteiger partial charge in [0.05, 0.1) is 0 Å². The average Bonchev–Trinajstić information content (AvgIpc) is 3.08. The van der Waals surface area contributed by atoms with Crippen LogP contribution in [0.2, 0.25) is 0 Å². The largest absolute Gasteiger partial charge is 0.423 e. The lowest BCUT2D eigenvalue weighted by molar-refractivity contribution is -0.141. The second-order valence-corrected chi connectivity index (χ2v) is 10.1. The Morgan fingerprint density at radius 2 is 2.03 bits per heavy atom. The van der Waals surface area contributed by atoms with E-state index in [0.717, 1.165) is 63.2 Å². The van der Waals surface area contributed by atoms with Crippen molar-refractivity contribution in [3.8, 4) is 0 Å². The first kappa shape index (κ1) is 21.3. The standard InChI is InChI=1S/C26H34O4/c1-4-5-6-24(29)30-23(16-27)22-10-9-20-19-8-7-17-15-18(28)11-13-25(17,2)21(19)12-14-26(20,22)3/h12,15-16,19-20H,4-11,13-14H2,1-3H3/t19-,20-,25-,26-/m0/s1. The molecule has 0 radical (unpaired) electrons. The van der Waals surface area contributed by atoms with Gasteiger partial charge in [-0.1, -0.05) is 44.4 Å². The highest BCUT2D eigenvalue weighted by atomic mass is 16.5. The van der Waals surface area contributed by atoms with Crippen molar-refractivity contribution in [1.82, 2.24) is 0 Å². The van der Waals surface area contributed by atoms with Gasteiger partial charge in [0, 0.05) is 18.3 Å². The second-order valence-electron chi connectivity index (χ2n) is 10.1. The second kappa shape index (κ2) is 7.94. The third kappa shape index (κ3) is 3.33. The zero-order valence-corrected chi connectivity index (χ0v) is 18.6. The Balaban J connectivity index is 1.65. The van der Waals surface area contributed by atoms with Crippen molar-refractivity contribution in [2.45, 2.75) is 85.0 Å². The van der Waals surface area contributed by atoms with Crippen LogP contribution in [0.5, 0.6) is 0 Å². The van der Waals surface area contributed by atoms with Crippen molar-refractivity contribution in [2.75, 3.05) is 0 Å². The number of hydrogen-bond acceptors (Lipinski definition) is 4. The minimum atomic E-state index is -0.294. The van der Waals surface area contributed by atoms with Crippen molar-refractivity contribution in [1.29, 1.82) is 0 Å². The minimum absolute atomic E-state index is 0.0186. The van der Waals surface area contributed by atoms with E-state index in [0.29, 0.717) is 24.7 Å². The van der Waals surface area contributed by atoms with Gasteiger partial charge in [0.15, 0.2) is 17.8 Å². The van der Waals surface area contributed by atoms with Gasteiger partial charge in [-0.2, -0.15) is 0 Å². The third-order valence-electron chi connectivity index (χ3n) is 8.48. The summed E-state index contributed by atoms with van der Waals surface area (Å²) in [6.07, 6.45) is 13.5. The van der Waals surface area contributed by atoms with Crippen molar-refractivity contribution in [2.24, 2.45) is 22.7 Å². The summed E-state index contributed by atoms with van der Waals surface area (Å²) < 4.78 is 5.56. The number of hydrogen-bond donors (Lipinski definition) is 0. The molecule has 2 fully saturated rings. The molecule has 4 aliphatic carbocycles. The van der Waals surface area contributed by atoms with E-state index >= 15 is 0 Å². The molecule has 4 aliphatic rings. The van der Waals surface area contributed by atoms with Gasteiger partial charge < -0.3 is 4.74 Å². The molecule has 4 nitrogen and oxygen atoms in total. The maximum absolute atomic E-state index is 12.2. The molecular formula is C26H34O4. The molecular weight excluding hydrogens is 376 g/mol. The van der Waals surface area contributed by atoms with Crippen molar-refractivity contribution >= 4 is 18.0 Å². The topological polar surface area (TPSA) is 60.4 Å². The van der Waals surface area contributed by atoms with E-state index in [-0.39, 0.29) is 28.3 Å². The Bertz CT molecular complexity index is 860. The first-order valence-corrected chi connectivity index (χ1v) is 11.7. The van der Waals surface area contributed by atoms with Crippen LogP contribution in [0, 0.1) is 22.7 Å². The van der Waals surface area contributed by atoms with E-state index in [4.69, 9.17) is 4.74 Å². The third-order valence-corrected chi connectivity index (χ3v) is 8.48. The van der Waals surface area contributed by atoms with Gasteiger partial charge in [-0.25, -0.2) is 0 Å². The zero-order valence-electron chi connectivity index (χ0n) is 18.6. The van der Waals surface area contributed by atoms with Crippen LogP contribution in [0.1, 0.15) is 85.0 Å². The van der Waals surface area contributed by atoms with Gasteiger partial charge in [-0.15, -0.1) is 0 Å². The first-order valence-electron chi connectivity index (χ1n) is 11.7. The number of unbranched alkanes of at least 4 members (excludes halogenated alkanes) is 1. The fourth-order valence-electron chi connectivity index (χ4n) is 6.73. The van der Waals surface area contributed by atoms with Crippen LogP contribution < -0.4 is 0 Å². The van der Waals surface area contributed by atoms with E-state index in [2.05, 4.69) is 19.9 Å². The van der Waals surface area contributed by atoms with Gasteiger partial charge in [0.1, 0.15) is 0 Å². The Morgan fingerprint density at radius 3 is 2.77 bits per heavy atom. The van der Waals surface area contributed by atoms with E-state index in [1.165, 1.54) is 11.1 Å². The summed E-state index contributed by atoms with van der Waals surface area (Å²) in [4.78, 5) is 36.0. The predicted molar refractivity (Wildman–Crippen MR) is 115 cm³/mol. The fraction of sp³-hybridized carbons (Fsp3) is 0.654. The van der Waals surface area contributed by atoms with Gasteiger partial charge in [-0.3, -0.25) is 14.4 Å². The van der Waals surface area contributed by atoms with Crippen LogP contribution in [-0.4, -0.2) is 18.0 Å². The molecule has 4 atom stereocenters. The first-order chi connectivity index (χ1) is 14.3. The molecule has 0 N–H and O–H groups in total. The molecule has 2 saturated carbocycles.